The molecule has 0 aliphatic heterocycles. The molecular weight excluding hydrogens is 403 g/mol. The van der Waals surface area contributed by atoms with Crippen molar-refractivity contribution in [2.75, 3.05) is 5.32 Å². The number of nitro benzene ring substituents is 1. The molecule has 1 unspecified atom stereocenters. The minimum Gasteiger partial charge on any atom is -0.368 e. The summed E-state index contributed by atoms with van der Waals surface area (Å²) in [6.07, 6.45) is -0.765. The molecule has 0 aromatic heterocycles. The van der Waals surface area contributed by atoms with Gasteiger partial charge in [0.2, 0.25) is 0 Å². The molecule has 152 valence electrons. The van der Waals surface area contributed by atoms with Crippen LogP contribution in [0, 0.1) is 10.1 Å². The van der Waals surface area contributed by atoms with Gasteiger partial charge in [-0.25, -0.2) is 0 Å². The van der Waals surface area contributed by atoms with E-state index in [1.165, 1.54) is 18.2 Å². The molecule has 0 spiro atoms. The SMILES string of the molecule is CC(C)OP(=O)(OC(C)C)C(Nc1cccc(Cl)c1)c1cccc([N+](=O)[O-])c1. The molecule has 2 aromatic rings. The van der Waals surface area contributed by atoms with E-state index in [0.29, 0.717) is 16.3 Å². The molecule has 0 aliphatic rings. The van der Waals surface area contributed by atoms with Gasteiger partial charge >= 0.3 is 7.60 Å². The molecule has 1 N–H and O–H groups in total. The van der Waals surface area contributed by atoms with Crippen molar-refractivity contribution < 1.29 is 18.5 Å². The molecule has 28 heavy (non-hydrogen) atoms. The molecule has 0 saturated carbocycles. The first-order chi connectivity index (χ1) is 13.1. The number of nitrogens with one attached hydrogen (secondary N) is 1. The number of halogens is 1. The van der Waals surface area contributed by atoms with Crippen LogP contribution in [-0.4, -0.2) is 17.1 Å². The van der Waals surface area contributed by atoms with E-state index in [9.17, 15) is 14.7 Å². The highest BCUT2D eigenvalue weighted by Crippen LogP contribution is 2.62. The van der Waals surface area contributed by atoms with Crippen molar-refractivity contribution in [1.29, 1.82) is 0 Å². The molecule has 0 amide bonds. The highest BCUT2D eigenvalue weighted by atomic mass is 35.5. The van der Waals surface area contributed by atoms with E-state index in [1.807, 2.05) is 0 Å². The predicted molar refractivity (Wildman–Crippen MR) is 111 cm³/mol. The number of nitro groups is 1. The molecular formula is C19H24ClN2O5P. The van der Waals surface area contributed by atoms with Crippen molar-refractivity contribution >= 4 is 30.6 Å². The maximum Gasteiger partial charge on any atom is 0.357 e. The molecule has 0 aliphatic carbocycles. The fourth-order valence-electron chi connectivity index (χ4n) is 2.62. The second kappa shape index (κ2) is 9.52. The van der Waals surface area contributed by atoms with Gasteiger partial charge in [0.1, 0.15) is 0 Å². The number of hydrogen-bond donors (Lipinski definition) is 1. The molecule has 0 fully saturated rings. The Labute approximate surface area is 169 Å². The number of nitrogens with zero attached hydrogens (tertiary/aromatic N) is 1. The lowest BCUT2D eigenvalue weighted by molar-refractivity contribution is -0.384. The number of hydrogen-bond acceptors (Lipinski definition) is 6. The van der Waals surface area contributed by atoms with Crippen molar-refractivity contribution in [3.8, 4) is 0 Å². The van der Waals surface area contributed by atoms with Crippen LogP contribution in [-0.2, 0) is 13.6 Å². The van der Waals surface area contributed by atoms with Crippen LogP contribution in [0.5, 0.6) is 0 Å². The molecule has 0 heterocycles. The van der Waals surface area contributed by atoms with Crippen LogP contribution >= 0.6 is 19.2 Å². The van der Waals surface area contributed by atoms with Crippen LogP contribution < -0.4 is 5.32 Å². The third-order valence-corrected chi connectivity index (χ3v) is 6.28. The van der Waals surface area contributed by atoms with Crippen molar-refractivity contribution in [2.24, 2.45) is 0 Å². The first kappa shape index (κ1) is 22.4. The van der Waals surface area contributed by atoms with E-state index in [1.54, 1.807) is 58.0 Å². The maximum atomic E-state index is 13.8. The minimum absolute atomic E-state index is 0.115. The van der Waals surface area contributed by atoms with Gasteiger partial charge in [-0.1, -0.05) is 29.8 Å². The van der Waals surface area contributed by atoms with Crippen molar-refractivity contribution in [1.82, 2.24) is 0 Å². The standard InChI is InChI=1S/C19H24ClN2O5P/c1-13(2)26-28(25,27-14(3)4)19(21-17-9-6-8-16(20)12-17)15-7-5-10-18(11-15)22(23)24/h5-14,19,21H,1-4H3. The predicted octanol–water partition coefficient (Wildman–Crippen LogP) is 6.40. The van der Waals surface area contributed by atoms with Gasteiger partial charge in [0.05, 0.1) is 17.1 Å². The third-order valence-electron chi connectivity index (χ3n) is 3.56. The van der Waals surface area contributed by atoms with Crippen LogP contribution in [0.15, 0.2) is 48.5 Å². The van der Waals surface area contributed by atoms with Gasteiger partial charge in [0, 0.05) is 22.8 Å². The highest BCUT2D eigenvalue weighted by Gasteiger charge is 2.40. The topological polar surface area (TPSA) is 90.7 Å². The van der Waals surface area contributed by atoms with Crippen LogP contribution in [0.25, 0.3) is 0 Å². The van der Waals surface area contributed by atoms with Crippen LogP contribution in [0.3, 0.4) is 0 Å². The first-order valence-corrected chi connectivity index (χ1v) is 10.8. The monoisotopic (exact) mass is 426 g/mol. The number of rotatable bonds is 9. The Morgan fingerprint density at radius 2 is 1.64 bits per heavy atom. The molecule has 0 radical (unpaired) electrons. The molecule has 7 nitrogen and oxygen atoms in total. The fourth-order valence-corrected chi connectivity index (χ4v) is 5.12. The van der Waals surface area contributed by atoms with Crippen LogP contribution in [0.1, 0.15) is 39.0 Å². The van der Waals surface area contributed by atoms with E-state index >= 15 is 0 Å². The largest absolute Gasteiger partial charge is 0.368 e. The summed E-state index contributed by atoms with van der Waals surface area (Å²) in [6.45, 7) is 7.00. The van der Waals surface area contributed by atoms with Gasteiger partial charge in [-0.05, 0) is 51.5 Å². The molecule has 0 bridgehead atoms. The van der Waals surface area contributed by atoms with Crippen LogP contribution in [0.4, 0.5) is 11.4 Å². The Balaban J connectivity index is 2.57. The van der Waals surface area contributed by atoms with Crippen LogP contribution in [0.2, 0.25) is 5.02 Å². The number of benzene rings is 2. The maximum absolute atomic E-state index is 13.8. The molecule has 2 rings (SSSR count). The van der Waals surface area contributed by atoms with Gasteiger partial charge in [0.25, 0.3) is 5.69 Å². The summed E-state index contributed by atoms with van der Waals surface area (Å²) in [5.41, 5.74) is 0.888. The normalized spacial score (nSPS) is 13.0. The lowest BCUT2D eigenvalue weighted by atomic mass is 10.2. The quantitative estimate of drug-likeness (QED) is 0.283. The summed E-state index contributed by atoms with van der Waals surface area (Å²) in [5.74, 6) is -0.962. The average Bonchev–Trinajstić information content (AvgIpc) is 2.58. The van der Waals surface area contributed by atoms with Gasteiger partial charge < -0.3 is 14.4 Å². The van der Waals surface area contributed by atoms with E-state index < -0.39 is 18.3 Å². The number of non-ortho nitro benzene ring substituents is 1. The minimum atomic E-state index is -3.77. The summed E-state index contributed by atoms with van der Waals surface area (Å²) < 4.78 is 25.3. The zero-order valence-corrected chi connectivity index (χ0v) is 17.8. The fraction of sp³-hybridized carbons (Fsp3) is 0.368. The smallest absolute Gasteiger partial charge is 0.357 e. The van der Waals surface area contributed by atoms with E-state index in [0.717, 1.165) is 0 Å². The van der Waals surface area contributed by atoms with E-state index in [-0.39, 0.29) is 17.9 Å². The third kappa shape index (κ3) is 6.04. The van der Waals surface area contributed by atoms with Gasteiger partial charge in [-0.3, -0.25) is 14.7 Å². The Morgan fingerprint density at radius 1 is 1.04 bits per heavy atom. The summed E-state index contributed by atoms with van der Waals surface area (Å²) in [4.78, 5) is 10.7. The Hall–Kier alpha value is -1.92. The average molecular weight is 427 g/mol. The highest BCUT2D eigenvalue weighted by molar-refractivity contribution is 7.54. The van der Waals surface area contributed by atoms with Crippen molar-refractivity contribution in [3.63, 3.8) is 0 Å². The Morgan fingerprint density at radius 3 is 2.18 bits per heavy atom. The molecule has 1 atom stereocenters. The van der Waals surface area contributed by atoms with Gasteiger partial charge in [-0.2, -0.15) is 0 Å². The first-order valence-electron chi connectivity index (χ1n) is 8.83. The summed E-state index contributed by atoms with van der Waals surface area (Å²) >= 11 is 6.06. The Bertz CT molecular complexity index is 861. The van der Waals surface area contributed by atoms with Gasteiger partial charge in [-0.15, -0.1) is 0 Å². The Kier molecular flexibility index (Phi) is 7.61. The zero-order valence-electron chi connectivity index (χ0n) is 16.2. The second-order valence-electron chi connectivity index (χ2n) is 6.76. The molecule has 2 aromatic carbocycles. The lowest BCUT2D eigenvalue weighted by Crippen LogP contribution is -2.19. The molecule has 9 heteroatoms. The van der Waals surface area contributed by atoms with Crippen molar-refractivity contribution in [2.45, 2.75) is 45.7 Å². The van der Waals surface area contributed by atoms with Gasteiger partial charge in [0.15, 0.2) is 5.78 Å². The molecule has 0 saturated heterocycles. The summed E-state index contributed by atoms with van der Waals surface area (Å²) in [6, 6.07) is 12.8. The van der Waals surface area contributed by atoms with E-state index in [4.69, 9.17) is 20.6 Å². The zero-order chi connectivity index (χ0) is 20.9. The lowest BCUT2D eigenvalue weighted by Gasteiger charge is -2.31. The summed E-state index contributed by atoms with van der Waals surface area (Å²) in [5, 5.41) is 14.8. The summed E-state index contributed by atoms with van der Waals surface area (Å²) in [7, 11) is -3.77. The van der Waals surface area contributed by atoms with E-state index in [2.05, 4.69) is 5.32 Å². The second-order valence-corrected chi connectivity index (χ2v) is 9.21. The van der Waals surface area contributed by atoms with Crippen molar-refractivity contribution in [3.05, 3.63) is 69.2 Å². The number of anilines is 1.